The van der Waals surface area contributed by atoms with Gasteiger partial charge in [-0.3, -0.25) is 4.79 Å². The Labute approximate surface area is 164 Å². The van der Waals surface area contributed by atoms with Crippen molar-refractivity contribution in [1.29, 1.82) is 0 Å². The van der Waals surface area contributed by atoms with Gasteiger partial charge in [-0.15, -0.1) is 0 Å². The van der Waals surface area contributed by atoms with Crippen molar-refractivity contribution < 1.29 is 14.2 Å². The lowest BCUT2D eigenvalue weighted by Gasteiger charge is -2.12. The van der Waals surface area contributed by atoms with Crippen LogP contribution in [-0.4, -0.2) is 37.2 Å². The number of aryl methyl sites for hydroxylation is 1. The number of benzene rings is 2. The molecule has 0 spiro atoms. The summed E-state index contributed by atoms with van der Waals surface area (Å²) in [6.45, 7) is 1.73. The third-order valence-electron chi connectivity index (χ3n) is 3.98. The molecule has 0 N–H and O–H groups in total. The number of methoxy groups -OCH3 is 3. The van der Waals surface area contributed by atoms with Gasteiger partial charge in [0.05, 0.1) is 38.4 Å². The van der Waals surface area contributed by atoms with E-state index >= 15 is 0 Å². The molecule has 1 heterocycles. The normalized spacial score (nSPS) is 11.1. The van der Waals surface area contributed by atoms with Gasteiger partial charge >= 0.3 is 0 Å². The molecule has 0 radical (unpaired) electrons. The number of rotatable bonds is 5. The zero-order chi connectivity index (χ0) is 19.6. The Bertz CT molecular complexity index is 1070. The fourth-order valence-corrected chi connectivity index (χ4v) is 3.06. The van der Waals surface area contributed by atoms with Crippen LogP contribution in [0.15, 0.2) is 44.7 Å². The molecule has 0 unspecified atom stereocenters. The molecule has 0 aliphatic carbocycles. The summed E-state index contributed by atoms with van der Waals surface area (Å²) >= 11 is 3.38. The minimum absolute atomic E-state index is 0.248. The maximum atomic E-state index is 12.8. The first-order chi connectivity index (χ1) is 13.0. The fourth-order valence-electron chi connectivity index (χ4n) is 2.70. The van der Waals surface area contributed by atoms with Crippen LogP contribution in [0.3, 0.4) is 0 Å². The first-order valence-corrected chi connectivity index (χ1v) is 8.81. The smallest absolute Gasteiger partial charge is 0.282 e. The van der Waals surface area contributed by atoms with Crippen LogP contribution in [0.4, 0.5) is 0 Å². The second-order valence-electron chi connectivity index (χ2n) is 5.64. The van der Waals surface area contributed by atoms with E-state index in [1.165, 1.54) is 26.0 Å². The highest BCUT2D eigenvalue weighted by atomic mass is 79.9. The van der Waals surface area contributed by atoms with Crippen LogP contribution < -0.4 is 19.8 Å². The molecule has 1 aromatic heterocycles. The Morgan fingerprint density at radius 2 is 1.74 bits per heavy atom. The van der Waals surface area contributed by atoms with Crippen molar-refractivity contribution in [2.45, 2.75) is 6.92 Å². The predicted molar refractivity (Wildman–Crippen MR) is 108 cm³/mol. The van der Waals surface area contributed by atoms with E-state index in [0.29, 0.717) is 39.5 Å². The van der Waals surface area contributed by atoms with E-state index in [1.807, 2.05) is 6.07 Å². The highest BCUT2D eigenvalue weighted by molar-refractivity contribution is 9.10. The summed E-state index contributed by atoms with van der Waals surface area (Å²) < 4.78 is 18.0. The van der Waals surface area contributed by atoms with Gasteiger partial charge in [0.2, 0.25) is 5.75 Å². The van der Waals surface area contributed by atoms with Crippen molar-refractivity contribution in [3.63, 3.8) is 0 Å². The average molecular weight is 432 g/mol. The van der Waals surface area contributed by atoms with Crippen LogP contribution in [0.25, 0.3) is 10.9 Å². The quantitative estimate of drug-likeness (QED) is 0.578. The molecule has 3 aromatic rings. The SMILES string of the molecule is COc1cc(C=Nn2c(C)nc3ccc(Br)cc3c2=O)cc(OC)c1OC. The molecule has 0 fully saturated rings. The van der Waals surface area contributed by atoms with Gasteiger partial charge in [0.25, 0.3) is 5.56 Å². The summed E-state index contributed by atoms with van der Waals surface area (Å²) in [5.74, 6) is 1.98. The Morgan fingerprint density at radius 3 is 2.33 bits per heavy atom. The monoisotopic (exact) mass is 431 g/mol. The molecule has 0 atom stereocenters. The van der Waals surface area contributed by atoms with Crippen molar-refractivity contribution >= 4 is 33.0 Å². The molecule has 8 heteroatoms. The number of fused-ring (bicyclic) bond motifs is 1. The van der Waals surface area contributed by atoms with Crippen molar-refractivity contribution in [1.82, 2.24) is 9.66 Å². The lowest BCUT2D eigenvalue weighted by Crippen LogP contribution is -2.20. The van der Waals surface area contributed by atoms with Crippen LogP contribution in [0.5, 0.6) is 17.2 Å². The zero-order valence-corrected chi connectivity index (χ0v) is 16.9. The number of ether oxygens (including phenoxy) is 3. The molecule has 0 amide bonds. The molecule has 0 saturated heterocycles. The summed E-state index contributed by atoms with van der Waals surface area (Å²) in [7, 11) is 4.62. The van der Waals surface area contributed by atoms with Gasteiger partial charge < -0.3 is 14.2 Å². The lowest BCUT2D eigenvalue weighted by atomic mass is 10.2. The van der Waals surface area contributed by atoms with Crippen molar-refractivity contribution in [2.24, 2.45) is 5.10 Å². The topological polar surface area (TPSA) is 74.9 Å². The summed E-state index contributed by atoms with van der Waals surface area (Å²) in [4.78, 5) is 17.2. The van der Waals surface area contributed by atoms with Crippen molar-refractivity contribution in [3.05, 3.63) is 56.5 Å². The number of nitrogens with zero attached hydrogens (tertiary/aromatic N) is 3. The molecule has 2 aromatic carbocycles. The number of aromatic nitrogens is 2. The summed E-state index contributed by atoms with van der Waals surface area (Å²) in [5, 5.41) is 4.79. The van der Waals surface area contributed by atoms with Gasteiger partial charge in [-0.25, -0.2) is 4.98 Å². The van der Waals surface area contributed by atoms with E-state index in [4.69, 9.17) is 14.2 Å². The predicted octanol–water partition coefficient (Wildman–Crippen LogP) is 3.38. The van der Waals surface area contributed by atoms with Gasteiger partial charge in [0.1, 0.15) is 5.82 Å². The third kappa shape index (κ3) is 3.66. The highest BCUT2D eigenvalue weighted by Gasteiger charge is 2.13. The van der Waals surface area contributed by atoms with E-state index in [-0.39, 0.29) is 5.56 Å². The molecule has 140 valence electrons. The minimum Gasteiger partial charge on any atom is -0.493 e. The lowest BCUT2D eigenvalue weighted by molar-refractivity contribution is 0.324. The van der Waals surface area contributed by atoms with Gasteiger partial charge in [-0.05, 0) is 37.3 Å². The second kappa shape index (κ2) is 7.79. The van der Waals surface area contributed by atoms with E-state index in [9.17, 15) is 4.79 Å². The van der Waals surface area contributed by atoms with E-state index < -0.39 is 0 Å². The fraction of sp³-hybridized carbons (Fsp3) is 0.211. The van der Waals surface area contributed by atoms with Crippen LogP contribution in [0.1, 0.15) is 11.4 Å². The number of halogens is 1. The molecule has 0 saturated carbocycles. The standard InChI is InChI=1S/C19H18BrN3O4/c1-11-22-15-6-5-13(20)9-14(15)19(24)23(11)21-10-12-7-16(25-2)18(27-4)17(8-12)26-3/h5-10H,1-4H3. The summed E-state index contributed by atoms with van der Waals surface area (Å²) in [5.41, 5.74) is 1.06. The molecule has 3 rings (SSSR count). The third-order valence-corrected chi connectivity index (χ3v) is 4.47. The van der Waals surface area contributed by atoms with E-state index in [0.717, 1.165) is 4.47 Å². The Balaban J connectivity index is 2.10. The van der Waals surface area contributed by atoms with Gasteiger partial charge in [0, 0.05) is 10.0 Å². The maximum Gasteiger partial charge on any atom is 0.282 e. The molecule has 0 bridgehead atoms. The number of hydrogen-bond donors (Lipinski definition) is 0. The minimum atomic E-state index is -0.248. The Kier molecular flexibility index (Phi) is 5.46. The van der Waals surface area contributed by atoms with Gasteiger partial charge in [0.15, 0.2) is 11.5 Å². The van der Waals surface area contributed by atoms with E-state index in [2.05, 4.69) is 26.0 Å². The average Bonchev–Trinajstić information content (AvgIpc) is 2.67. The van der Waals surface area contributed by atoms with Gasteiger partial charge in [-0.1, -0.05) is 15.9 Å². The first-order valence-electron chi connectivity index (χ1n) is 8.01. The maximum absolute atomic E-state index is 12.8. The van der Waals surface area contributed by atoms with Crippen LogP contribution in [0, 0.1) is 6.92 Å². The van der Waals surface area contributed by atoms with Crippen LogP contribution in [-0.2, 0) is 0 Å². The second-order valence-corrected chi connectivity index (χ2v) is 6.56. The zero-order valence-electron chi connectivity index (χ0n) is 15.3. The van der Waals surface area contributed by atoms with Crippen molar-refractivity contribution in [2.75, 3.05) is 21.3 Å². The van der Waals surface area contributed by atoms with Crippen LogP contribution >= 0.6 is 15.9 Å². The molecule has 0 aliphatic heterocycles. The number of hydrogen-bond acceptors (Lipinski definition) is 6. The molecule has 0 aliphatic rings. The molecule has 7 nitrogen and oxygen atoms in total. The highest BCUT2D eigenvalue weighted by Crippen LogP contribution is 2.37. The Hall–Kier alpha value is -2.87. The largest absolute Gasteiger partial charge is 0.493 e. The van der Waals surface area contributed by atoms with Gasteiger partial charge in [-0.2, -0.15) is 9.78 Å². The summed E-state index contributed by atoms with van der Waals surface area (Å²) in [6, 6.07) is 8.86. The molecule has 27 heavy (non-hydrogen) atoms. The summed E-state index contributed by atoms with van der Waals surface area (Å²) in [6.07, 6.45) is 1.55. The van der Waals surface area contributed by atoms with Crippen molar-refractivity contribution in [3.8, 4) is 17.2 Å². The Morgan fingerprint density at radius 1 is 1.07 bits per heavy atom. The first kappa shape index (κ1) is 18.9. The molecular formula is C19H18BrN3O4. The van der Waals surface area contributed by atoms with Crippen LogP contribution in [0.2, 0.25) is 0 Å². The molecular weight excluding hydrogens is 414 g/mol. The van der Waals surface area contributed by atoms with E-state index in [1.54, 1.807) is 37.4 Å².